The van der Waals surface area contributed by atoms with Crippen molar-refractivity contribution in [2.45, 2.75) is 18.8 Å². The highest BCUT2D eigenvalue weighted by atomic mass is 16.4. The van der Waals surface area contributed by atoms with Crippen LogP contribution in [0.4, 0.5) is 0 Å². The maximum atomic E-state index is 11.3. The van der Waals surface area contributed by atoms with E-state index in [1.165, 1.54) is 6.07 Å². The zero-order valence-corrected chi connectivity index (χ0v) is 9.67. The molecular formula is C13H17NO3. The number of hydrogen-bond donors (Lipinski definition) is 2. The summed E-state index contributed by atoms with van der Waals surface area (Å²) < 4.78 is 0. The number of para-hydroxylation sites is 1. The Labute approximate surface area is 100 Å². The average Bonchev–Trinajstić information content (AvgIpc) is 2.79. The fourth-order valence-corrected chi connectivity index (χ4v) is 2.32. The molecule has 0 saturated carbocycles. The van der Waals surface area contributed by atoms with Gasteiger partial charge in [0.25, 0.3) is 0 Å². The number of aromatic hydroxyl groups is 1. The number of rotatable bonds is 4. The zero-order chi connectivity index (χ0) is 12.3. The topological polar surface area (TPSA) is 60.8 Å². The number of hydrogen-bond acceptors (Lipinski definition) is 3. The first-order chi connectivity index (χ1) is 8.18. The summed E-state index contributed by atoms with van der Waals surface area (Å²) in [7, 11) is 0. The van der Waals surface area contributed by atoms with Gasteiger partial charge in [-0.3, -0.25) is 4.79 Å². The highest BCUT2D eigenvalue weighted by molar-refractivity contribution is 5.77. The lowest BCUT2D eigenvalue weighted by atomic mass is 9.97. The molecule has 92 valence electrons. The monoisotopic (exact) mass is 235 g/mol. The standard InChI is InChI=1S/C13H17NO3/c15-12-6-2-1-5-10(12)11(13(16)17)9-14-7-3-4-8-14/h1-2,5-6,11,15H,3-4,7-9H2,(H,16,17). The van der Waals surface area contributed by atoms with Crippen LogP contribution in [0.2, 0.25) is 0 Å². The Kier molecular flexibility index (Phi) is 3.64. The van der Waals surface area contributed by atoms with Gasteiger partial charge < -0.3 is 15.1 Å². The fraction of sp³-hybridized carbons (Fsp3) is 0.462. The molecule has 1 saturated heterocycles. The molecule has 1 aromatic carbocycles. The number of phenols is 1. The Morgan fingerprint density at radius 2 is 1.94 bits per heavy atom. The SMILES string of the molecule is O=C(O)C(CN1CCCC1)c1ccccc1O. The molecule has 0 amide bonds. The molecule has 1 aromatic rings. The third kappa shape index (κ3) is 2.77. The summed E-state index contributed by atoms with van der Waals surface area (Å²) in [5.74, 6) is -1.45. The third-order valence-corrected chi connectivity index (χ3v) is 3.25. The normalized spacial score (nSPS) is 18.1. The smallest absolute Gasteiger partial charge is 0.312 e. The van der Waals surface area contributed by atoms with Gasteiger partial charge in [-0.05, 0) is 32.0 Å². The maximum Gasteiger partial charge on any atom is 0.312 e. The van der Waals surface area contributed by atoms with E-state index < -0.39 is 11.9 Å². The minimum atomic E-state index is -0.876. The van der Waals surface area contributed by atoms with Gasteiger partial charge in [-0.1, -0.05) is 18.2 Å². The van der Waals surface area contributed by atoms with Gasteiger partial charge >= 0.3 is 5.97 Å². The highest BCUT2D eigenvalue weighted by Gasteiger charge is 2.26. The van der Waals surface area contributed by atoms with Gasteiger partial charge in [0.05, 0.1) is 5.92 Å². The first-order valence-corrected chi connectivity index (χ1v) is 5.91. The van der Waals surface area contributed by atoms with Crippen LogP contribution in [-0.4, -0.2) is 40.7 Å². The largest absolute Gasteiger partial charge is 0.508 e. The number of benzene rings is 1. The van der Waals surface area contributed by atoms with Crippen molar-refractivity contribution >= 4 is 5.97 Å². The summed E-state index contributed by atoms with van der Waals surface area (Å²) in [6, 6.07) is 6.68. The van der Waals surface area contributed by atoms with E-state index in [1.54, 1.807) is 18.2 Å². The molecule has 4 nitrogen and oxygen atoms in total. The molecule has 1 fully saturated rings. The Hall–Kier alpha value is -1.55. The van der Waals surface area contributed by atoms with Gasteiger partial charge in [0.2, 0.25) is 0 Å². The van der Waals surface area contributed by atoms with Crippen molar-refractivity contribution in [1.82, 2.24) is 4.90 Å². The fourth-order valence-electron chi connectivity index (χ4n) is 2.32. The van der Waals surface area contributed by atoms with Crippen molar-refractivity contribution in [2.24, 2.45) is 0 Å². The average molecular weight is 235 g/mol. The number of aliphatic carboxylic acids is 1. The van der Waals surface area contributed by atoms with E-state index in [9.17, 15) is 15.0 Å². The summed E-state index contributed by atoms with van der Waals surface area (Å²) in [4.78, 5) is 13.4. The molecule has 2 N–H and O–H groups in total. The molecular weight excluding hydrogens is 218 g/mol. The van der Waals surface area contributed by atoms with Crippen LogP contribution in [0.15, 0.2) is 24.3 Å². The van der Waals surface area contributed by atoms with Crippen molar-refractivity contribution in [3.63, 3.8) is 0 Å². The summed E-state index contributed by atoms with van der Waals surface area (Å²) in [6.45, 7) is 2.39. The van der Waals surface area contributed by atoms with Crippen LogP contribution in [0.1, 0.15) is 24.3 Å². The lowest BCUT2D eigenvalue weighted by molar-refractivity contribution is -0.139. The quantitative estimate of drug-likeness (QED) is 0.833. The van der Waals surface area contributed by atoms with Crippen LogP contribution in [0.3, 0.4) is 0 Å². The van der Waals surface area contributed by atoms with Crippen molar-refractivity contribution in [1.29, 1.82) is 0 Å². The number of carbonyl (C=O) groups is 1. The van der Waals surface area contributed by atoms with E-state index in [-0.39, 0.29) is 5.75 Å². The molecule has 1 heterocycles. The maximum absolute atomic E-state index is 11.3. The predicted octanol–water partition coefficient (Wildman–Crippen LogP) is 1.66. The lowest BCUT2D eigenvalue weighted by Crippen LogP contribution is -2.29. The Balaban J connectivity index is 2.17. The van der Waals surface area contributed by atoms with Gasteiger partial charge in [-0.15, -0.1) is 0 Å². The van der Waals surface area contributed by atoms with Crippen LogP contribution in [-0.2, 0) is 4.79 Å². The van der Waals surface area contributed by atoms with Crippen LogP contribution in [0, 0.1) is 0 Å². The first-order valence-electron chi connectivity index (χ1n) is 5.91. The molecule has 4 heteroatoms. The summed E-state index contributed by atoms with van der Waals surface area (Å²) in [5.41, 5.74) is 0.506. The second-order valence-electron chi connectivity index (χ2n) is 4.46. The number of carboxylic acid groups (broad SMARTS) is 1. The number of carboxylic acids is 1. The van der Waals surface area contributed by atoms with Gasteiger partial charge in [-0.25, -0.2) is 0 Å². The van der Waals surface area contributed by atoms with E-state index >= 15 is 0 Å². The van der Waals surface area contributed by atoms with E-state index in [0.29, 0.717) is 12.1 Å². The van der Waals surface area contributed by atoms with Crippen LogP contribution in [0.5, 0.6) is 5.75 Å². The summed E-state index contributed by atoms with van der Waals surface area (Å²) in [6.07, 6.45) is 2.26. The molecule has 0 radical (unpaired) electrons. The number of nitrogens with zero attached hydrogens (tertiary/aromatic N) is 1. The van der Waals surface area contributed by atoms with Gasteiger partial charge in [0.1, 0.15) is 5.75 Å². The number of phenolic OH excluding ortho intramolecular Hbond substituents is 1. The van der Waals surface area contributed by atoms with E-state index in [1.807, 2.05) is 0 Å². The highest BCUT2D eigenvalue weighted by Crippen LogP contribution is 2.27. The summed E-state index contributed by atoms with van der Waals surface area (Å²) in [5, 5.41) is 19.0. The molecule has 1 aliphatic rings. The molecule has 1 aliphatic heterocycles. The van der Waals surface area contributed by atoms with Crippen LogP contribution >= 0.6 is 0 Å². The Morgan fingerprint density at radius 1 is 1.29 bits per heavy atom. The van der Waals surface area contributed by atoms with E-state index in [2.05, 4.69) is 4.90 Å². The van der Waals surface area contributed by atoms with Gasteiger partial charge in [-0.2, -0.15) is 0 Å². The molecule has 1 atom stereocenters. The Morgan fingerprint density at radius 3 is 2.53 bits per heavy atom. The molecule has 17 heavy (non-hydrogen) atoms. The van der Waals surface area contributed by atoms with E-state index in [4.69, 9.17) is 0 Å². The second-order valence-corrected chi connectivity index (χ2v) is 4.46. The molecule has 0 spiro atoms. The summed E-state index contributed by atoms with van der Waals surface area (Å²) >= 11 is 0. The van der Waals surface area contributed by atoms with Crippen LogP contribution < -0.4 is 0 Å². The van der Waals surface area contributed by atoms with Crippen molar-refractivity contribution in [3.8, 4) is 5.75 Å². The van der Waals surface area contributed by atoms with Crippen molar-refractivity contribution in [3.05, 3.63) is 29.8 Å². The molecule has 0 aromatic heterocycles. The first kappa shape index (κ1) is 11.9. The molecule has 2 rings (SSSR count). The molecule has 0 aliphatic carbocycles. The minimum absolute atomic E-state index is 0.0686. The number of likely N-dealkylation sites (tertiary alicyclic amines) is 1. The van der Waals surface area contributed by atoms with Gasteiger partial charge in [0.15, 0.2) is 0 Å². The lowest BCUT2D eigenvalue weighted by Gasteiger charge is -2.21. The second kappa shape index (κ2) is 5.19. The van der Waals surface area contributed by atoms with Crippen molar-refractivity contribution < 1.29 is 15.0 Å². The van der Waals surface area contributed by atoms with Gasteiger partial charge in [0, 0.05) is 12.1 Å². The molecule has 1 unspecified atom stereocenters. The minimum Gasteiger partial charge on any atom is -0.508 e. The predicted molar refractivity (Wildman–Crippen MR) is 64.2 cm³/mol. The van der Waals surface area contributed by atoms with Crippen LogP contribution in [0.25, 0.3) is 0 Å². The molecule has 0 bridgehead atoms. The third-order valence-electron chi connectivity index (χ3n) is 3.25. The van der Waals surface area contributed by atoms with E-state index in [0.717, 1.165) is 25.9 Å². The van der Waals surface area contributed by atoms with Crippen molar-refractivity contribution in [2.75, 3.05) is 19.6 Å². The zero-order valence-electron chi connectivity index (χ0n) is 9.67. The Bertz CT molecular complexity index is 399.